The number of hydrogen-bond acceptors (Lipinski definition) is 4. The fraction of sp³-hybridized carbons (Fsp3) is 0.700. The van der Waals surface area contributed by atoms with Crippen molar-refractivity contribution in [2.75, 3.05) is 13.1 Å². The van der Waals surface area contributed by atoms with Gasteiger partial charge in [-0.2, -0.15) is 18.3 Å². The van der Waals surface area contributed by atoms with Gasteiger partial charge >= 0.3 is 6.18 Å². The largest absolute Gasteiger partial charge is 0.389 e. The van der Waals surface area contributed by atoms with Crippen molar-refractivity contribution in [3.05, 3.63) is 12.4 Å². The quantitative estimate of drug-likeness (QED) is 0.696. The number of nitrogens with zero attached hydrogens (tertiary/aromatic N) is 2. The number of sulfonamides is 1. The Labute approximate surface area is 115 Å². The molecule has 1 aromatic heterocycles. The Morgan fingerprint density at radius 3 is 2.65 bits per heavy atom. The predicted octanol–water partition coefficient (Wildman–Crippen LogP) is 0.853. The summed E-state index contributed by atoms with van der Waals surface area (Å²) in [6.07, 6.45) is -2.61. The van der Waals surface area contributed by atoms with Crippen LogP contribution in [-0.4, -0.2) is 37.5 Å². The number of rotatable bonds is 8. The van der Waals surface area contributed by atoms with Gasteiger partial charge in [-0.15, -0.1) is 0 Å². The van der Waals surface area contributed by atoms with Gasteiger partial charge in [0.1, 0.15) is 4.90 Å². The Morgan fingerprint density at radius 2 is 2.05 bits per heavy atom. The molecule has 0 atom stereocenters. The molecule has 0 saturated carbocycles. The average Bonchev–Trinajstić information content (AvgIpc) is 2.77. The van der Waals surface area contributed by atoms with E-state index in [2.05, 4.69) is 9.82 Å². The van der Waals surface area contributed by atoms with Crippen LogP contribution in [0, 0.1) is 0 Å². The molecule has 0 amide bonds. The molecule has 0 fully saturated rings. The maximum absolute atomic E-state index is 11.9. The summed E-state index contributed by atoms with van der Waals surface area (Å²) in [5.41, 5.74) is 5.31. The van der Waals surface area contributed by atoms with Crippen molar-refractivity contribution in [3.8, 4) is 0 Å². The minimum absolute atomic E-state index is 0.0261. The van der Waals surface area contributed by atoms with Gasteiger partial charge in [0.25, 0.3) is 0 Å². The van der Waals surface area contributed by atoms with Crippen LogP contribution in [0.25, 0.3) is 0 Å². The van der Waals surface area contributed by atoms with Crippen molar-refractivity contribution in [2.24, 2.45) is 5.73 Å². The molecule has 0 bridgehead atoms. The van der Waals surface area contributed by atoms with Crippen molar-refractivity contribution >= 4 is 10.0 Å². The smallest absolute Gasteiger partial charge is 0.329 e. The normalized spacial score (nSPS) is 12.8. The van der Waals surface area contributed by atoms with E-state index >= 15 is 0 Å². The molecular formula is C10H17F3N4O2S. The SMILES string of the molecule is NCCn1cc(S(=O)(=O)NCCCCC(F)(F)F)cn1. The zero-order valence-corrected chi connectivity index (χ0v) is 11.5. The summed E-state index contributed by atoms with van der Waals surface area (Å²) in [6.45, 7) is 0.674. The highest BCUT2D eigenvalue weighted by molar-refractivity contribution is 7.89. The minimum atomic E-state index is -4.21. The van der Waals surface area contributed by atoms with E-state index in [0.717, 1.165) is 0 Å². The molecule has 0 aliphatic carbocycles. The summed E-state index contributed by atoms with van der Waals surface area (Å²) in [5.74, 6) is 0. The fourth-order valence-electron chi connectivity index (χ4n) is 1.48. The molecule has 0 saturated heterocycles. The van der Waals surface area contributed by atoms with Crippen LogP contribution in [0.1, 0.15) is 19.3 Å². The predicted molar refractivity (Wildman–Crippen MR) is 66.4 cm³/mol. The molecular weight excluding hydrogens is 297 g/mol. The van der Waals surface area contributed by atoms with Gasteiger partial charge in [0.05, 0.1) is 12.7 Å². The maximum Gasteiger partial charge on any atom is 0.389 e. The van der Waals surface area contributed by atoms with Crippen molar-refractivity contribution in [3.63, 3.8) is 0 Å². The van der Waals surface area contributed by atoms with Crippen LogP contribution in [0.5, 0.6) is 0 Å². The van der Waals surface area contributed by atoms with Gasteiger partial charge in [0.2, 0.25) is 10.0 Å². The third-order valence-electron chi connectivity index (χ3n) is 2.46. The van der Waals surface area contributed by atoms with Crippen molar-refractivity contribution in [1.29, 1.82) is 0 Å². The number of aromatic nitrogens is 2. The Hall–Kier alpha value is -1.13. The first-order valence-corrected chi connectivity index (χ1v) is 7.52. The summed E-state index contributed by atoms with van der Waals surface area (Å²) in [6, 6.07) is 0. The first-order chi connectivity index (χ1) is 9.24. The van der Waals surface area contributed by atoms with Crippen LogP contribution in [0.15, 0.2) is 17.3 Å². The number of alkyl halides is 3. The molecule has 0 aliphatic heterocycles. The first kappa shape index (κ1) is 16.9. The lowest BCUT2D eigenvalue weighted by Gasteiger charge is -2.06. The van der Waals surface area contributed by atoms with E-state index in [9.17, 15) is 21.6 Å². The summed E-state index contributed by atoms with van der Waals surface area (Å²) in [7, 11) is -3.73. The highest BCUT2D eigenvalue weighted by atomic mass is 32.2. The van der Waals surface area contributed by atoms with E-state index < -0.39 is 22.6 Å². The highest BCUT2D eigenvalue weighted by Gasteiger charge is 2.26. The Kier molecular flexibility index (Phi) is 5.96. The van der Waals surface area contributed by atoms with Crippen LogP contribution < -0.4 is 10.5 Å². The maximum atomic E-state index is 11.9. The van der Waals surface area contributed by atoms with Gasteiger partial charge < -0.3 is 5.73 Å². The second-order valence-electron chi connectivity index (χ2n) is 4.20. The zero-order chi connectivity index (χ0) is 15.2. The first-order valence-electron chi connectivity index (χ1n) is 6.03. The molecule has 0 unspecified atom stereocenters. The van der Waals surface area contributed by atoms with E-state index in [1.165, 1.54) is 17.1 Å². The lowest BCUT2D eigenvalue weighted by molar-refractivity contribution is -0.135. The van der Waals surface area contributed by atoms with Crippen LogP contribution in [0.4, 0.5) is 13.2 Å². The third kappa shape index (κ3) is 5.88. The van der Waals surface area contributed by atoms with E-state index in [-0.39, 0.29) is 24.3 Å². The van der Waals surface area contributed by atoms with Gasteiger partial charge in [0.15, 0.2) is 0 Å². The molecule has 1 heterocycles. The summed E-state index contributed by atoms with van der Waals surface area (Å²) < 4.78 is 62.9. The molecule has 116 valence electrons. The molecule has 1 rings (SSSR count). The van der Waals surface area contributed by atoms with Crippen LogP contribution in [0.3, 0.4) is 0 Å². The molecule has 0 radical (unpaired) electrons. The Balaban J connectivity index is 2.41. The molecule has 10 heteroatoms. The number of unbranched alkanes of at least 4 members (excludes halogenated alkanes) is 1. The van der Waals surface area contributed by atoms with E-state index in [4.69, 9.17) is 5.73 Å². The number of nitrogens with one attached hydrogen (secondary N) is 1. The van der Waals surface area contributed by atoms with Gasteiger partial charge in [-0.3, -0.25) is 4.68 Å². The molecule has 0 aromatic carbocycles. The molecule has 0 aliphatic rings. The topological polar surface area (TPSA) is 90.0 Å². The number of nitrogens with two attached hydrogens (primary N) is 1. The van der Waals surface area contributed by atoms with Crippen molar-refractivity contribution in [1.82, 2.24) is 14.5 Å². The van der Waals surface area contributed by atoms with E-state index in [1.54, 1.807) is 0 Å². The van der Waals surface area contributed by atoms with Crippen LogP contribution in [-0.2, 0) is 16.6 Å². The van der Waals surface area contributed by atoms with Crippen molar-refractivity contribution in [2.45, 2.75) is 36.9 Å². The lowest BCUT2D eigenvalue weighted by atomic mass is 10.2. The van der Waals surface area contributed by atoms with Gasteiger partial charge in [0, 0.05) is 25.7 Å². The molecule has 6 nitrogen and oxygen atoms in total. The summed E-state index contributed by atoms with van der Waals surface area (Å²) in [5, 5.41) is 3.82. The van der Waals surface area contributed by atoms with Gasteiger partial charge in [-0.25, -0.2) is 13.1 Å². The zero-order valence-electron chi connectivity index (χ0n) is 10.7. The second kappa shape index (κ2) is 7.04. The van der Waals surface area contributed by atoms with Crippen LogP contribution in [0.2, 0.25) is 0 Å². The summed E-state index contributed by atoms with van der Waals surface area (Å²) in [4.78, 5) is -0.0261. The van der Waals surface area contributed by atoms with Crippen LogP contribution >= 0.6 is 0 Å². The Bertz CT molecular complexity index is 513. The fourth-order valence-corrected chi connectivity index (χ4v) is 2.50. The lowest BCUT2D eigenvalue weighted by Crippen LogP contribution is -2.24. The van der Waals surface area contributed by atoms with Crippen molar-refractivity contribution < 1.29 is 21.6 Å². The second-order valence-corrected chi connectivity index (χ2v) is 5.96. The van der Waals surface area contributed by atoms with Gasteiger partial charge in [-0.1, -0.05) is 0 Å². The molecule has 0 spiro atoms. The standard InChI is InChI=1S/C10H17F3N4O2S/c11-10(12,13)3-1-2-5-16-20(18,19)9-7-15-17(8-9)6-4-14/h7-8,16H,1-6,14H2. The number of hydrogen-bond donors (Lipinski definition) is 2. The van der Waals surface area contributed by atoms with E-state index in [1.807, 2.05) is 0 Å². The minimum Gasteiger partial charge on any atom is -0.329 e. The number of halogens is 3. The highest BCUT2D eigenvalue weighted by Crippen LogP contribution is 2.21. The van der Waals surface area contributed by atoms with Gasteiger partial charge in [-0.05, 0) is 12.8 Å². The molecule has 1 aromatic rings. The average molecular weight is 314 g/mol. The Morgan fingerprint density at radius 1 is 1.35 bits per heavy atom. The molecule has 20 heavy (non-hydrogen) atoms. The monoisotopic (exact) mass is 314 g/mol. The summed E-state index contributed by atoms with van der Waals surface area (Å²) >= 11 is 0. The van der Waals surface area contributed by atoms with E-state index in [0.29, 0.717) is 13.1 Å². The third-order valence-corrected chi connectivity index (χ3v) is 3.87. The molecule has 3 N–H and O–H groups in total.